The number of hydrogen-bond donors (Lipinski definition) is 1. The zero-order chi connectivity index (χ0) is 13.8. The topological polar surface area (TPSA) is 46.5 Å². The van der Waals surface area contributed by atoms with E-state index in [1.54, 1.807) is 6.92 Å². The van der Waals surface area contributed by atoms with Gasteiger partial charge in [-0.2, -0.15) is 0 Å². The summed E-state index contributed by atoms with van der Waals surface area (Å²) >= 11 is 0. The molecule has 0 aromatic carbocycles. The van der Waals surface area contributed by atoms with Gasteiger partial charge in [0.2, 0.25) is 0 Å². The van der Waals surface area contributed by atoms with Gasteiger partial charge < -0.3 is 9.84 Å². The Balaban J connectivity index is 3.17. The molecule has 0 spiro atoms. The molecule has 0 aromatic rings. The average Bonchev–Trinajstić information content (AvgIpc) is 2.35. The molecule has 1 N–H and O–H groups in total. The number of unbranched alkanes of at least 4 members (excludes halogenated alkanes) is 5. The first-order valence-electron chi connectivity index (χ1n) is 7.08. The Morgan fingerprint density at radius 3 is 2.28 bits per heavy atom. The molecule has 1 atom stereocenters. The molecule has 0 fully saturated rings. The van der Waals surface area contributed by atoms with Gasteiger partial charge in [0.25, 0.3) is 0 Å². The third-order valence-corrected chi connectivity index (χ3v) is 2.98. The molecule has 0 radical (unpaired) electrons. The van der Waals surface area contributed by atoms with Crippen LogP contribution in [0.5, 0.6) is 0 Å². The number of rotatable bonds is 11. The van der Waals surface area contributed by atoms with Crippen LogP contribution in [0, 0.1) is 0 Å². The van der Waals surface area contributed by atoms with Crippen LogP contribution in [0.2, 0.25) is 0 Å². The molecule has 3 heteroatoms. The van der Waals surface area contributed by atoms with Crippen LogP contribution in [0.4, 0.5) is 0 Å². The fourth-order valence-electron chi connectivity index (χ4n) is 1.68. The predicted molar refractivity (Wildman–Crippen MR) is 74.4 cm³/mol. The highest BCUT2D eigenvalue weighted by Gasteiger charge is 2.02. The number of esters is 1. The zero-order valence-corrected chi connectivity index (χ0v) is 11.9. The standard InChI is InChI=1S/C15H28O3/c1-4-14(16)11-9-7-5-6-8-10-12-18-15(17)13(2)3/h14,16H,2,4-12H2,1,3H3. The molecule has 0 aliphatic heterocycles. The molecule has 0 aliphatic rings. The van der Waals surface area contributed by atoms with E-state index in [0.717, 1.165) is 32.1 Å². The summed E-state index contributed by atoms with van der Waals surface area (Å²) < 4.78 is 5.01. The van der Waals surface area contributed by atoms with Crippen molar-refractivity contribution in [2.75, 3.05) is 6.61 Å². The van der Waals surface area contributed by atoms with Gasteiger partial charge in [-0.25, -0.2) is 4.79 Å². The average molecular weight is 256 g/mol. The van der Waals surface area contributed by atoms with Crippen LogP contribution in [-0.4, -0.2) is 23.8 Å². The van der Waals surface area contributed by atoms with Crippen molar-refractivity contribution in [3.63, 3.8) is 0 Å². The highest BCUT2D eigenvalue weighted by atomic mass is 16.5. The van der Waals surface area contributed by atoms with Crippen LogP contribution >= 0.6 is 0 Å². The van der Waals surface area contributed by atoms with Gasteiger partial charge in [0.1, 0.15) is 0 Å². The second-order valence-electron chi connectivity index (χ2n) is 4.89. The third kappa shape index (κ3) is 10.3. The summed E-state index contributed by atoms with van der Waals surface area (Å²) in [6, 6.07) is 0. The van der Waals surface area contributed by atoms with Crippen molar-refractivity contribution in [1.29, 1.82) is 0 Å². The summed E-state index contributed by atoms with van der Waals surface area (Å²) in [5.41, 5.74) is 0.462. The van der Waals surface area contributed by atoms with E-state index in [1.165, 1.54) is 19.3 Å². The largest absolute Gasteiger partial charge is 0.462 e. The van der Waals surface area contributed by atoms with E-state index in [-0.39, 0.29) is 12.1 Å². The van der Waals surface area contributed by atoms with Crippen molar-refractivity contribution >= 4 is 5.97 Å². The molecule has 0 bridgehead atoms. The van der Waals surface area contributed by atoms with Gasteiger partial charge in [-0.15, -0.1) is 0 Å². The molecule has 0 saturated heterocycles. The number of aliphatic hydroxyl groups excluding tert-OH is 1. The van der Waals surface area contributed by atoms with Gasteiger partial charge >= 0.3 is 5.97 Å². The van der Waals surface area contributed by atoms with Gasteiger partial charge in [0.05, 0.1) is 12.7 Å². The molecule has 0 heterocycles. The number of aliphatic hydroxyl groups is 1. The van der Waals surface area contributed by atoms with Gasteiger partial charge in [0, 0.05) is 5.57 Å². The maximum Gasteiger partial charge on any atom is 0.333 e. The lowest BCUT2D eigenvalue weighted by molar-refractivity contribution is -0.139. The minimum Gasteiger partial charge on any atom is -0.462 e. The summed E-state index contributed by atoms with van der Waals surface area (Å²) in [4.78, 5) is 11.1. The molecule has 0 aromatic heterocycles. The molecule has 0 aliphatic carbocycles. The summed E-state index contributed by atoms with van der Waals surface area (Å²) in [5, 5.41) is 9.37. The van der Waals surface area contributed by atoms with Crippen molar-refractivity contribution < 1.29 is 14.6 Å². The molecule has 0 amide bonds. The van der Waals surface area contributed by atoms with E-state index >= 15 is 0 Å². The SMILES string of the molecule is C=C(C)C(=O)OCCCCCCCCC(O)CC. The van der Waals surface area contributed by atoms with E-state index in [0.29, 0.717) is 12.2 Å². The van der Waals surface area contributed by atoms with Crippen molar-refractivity contribution in [3.05, 3.63) is 12.2 Å². The molecule has 0 saturated carbocycles. The highest BCUT2D eigenvalue weighted by Crippen LogP contribution is 2.10. The summed E-state index contributed by atoms with van der Waals surface area (Å²) in [7, 11) is 0. The first kappa shape index (κ1) is 17.2. The van der Waals surface area contributed by atoms with Crippen LogP contribution in [0.3, 0.4) is 0 Å². The monoisotopic (exact) mass is 256 g/mol. The van der Waals surface area contributed by atoms with E-state index < -0.39 is 0 Å². The van der Waals surface area contributed by atoms with Crippen LogP contribution in [0.25, 0.3) is 0 Å². The zero-order valence-electron chi connectivity index (χ0n) is 11.9. The highest BCUT2D eigenvalue weighted by molar-refractivity contribution is 5.86. The molecule has 106 valence electrons. The van der Waals surface area contributed by atoms with Crippen LogP contribution < -0.4 is 0 Å². The van der Waals surface area contributed by atoms with Gasteiger partial charge in [-0.3, -0.25) is 0 Å². The number of carbonyl (C=O) groups excluding carboxylic acids is 1. The summed E-state index contributed by atoms with van der Waals surface area (Å²) in [5.74, 6) is -0.288. The van der Waals surface area contributed by atoms with Crippen molar-refractivity contribution in [2.24, 2.45) is 0 Å². The minimum atomic E-state index is -0.288. The lowest BCUT2D eigenvalue weighted by Crippen LogP contribution is -2.06. The number of hydrogen-bond acceptors (Lipinski definition) is 3. The van der Waals surface area contributed by atoms with E-state index in [2.05, 4.69) is 6.58 Å². The molecule has 3 nitrogen and oxygen atoms in total. The van der Waals surface area contributed by atoms with Gasteiger partial charge in [0.15, 0.2) is 0 Å². The third-order valence-electron chi connectivity index (χ3n) is 2.98. The Kier molecular flexibility index (Phi) is 10.8. The Morgan fingerprint density at radius 2 is 1.72 bits per heavy atom. The maximum absolute atomic E-state index is 11.1. The fraction of sp³-hybridized carbons (Fsp3) is 0.800. The molecule has 0 rings (SSSR count). The first-order valence-corrected chi connectivity index (χ1v) is 7.08. The van der Waals surface area contributed by atoms with Crippen molar-refractivity contribution in [2.45, 2.75) is 71.3 Å². The first-order chi connectivity index (χ1) is 8.57. The predicted octanol–water partition coefficient (Wildman–Crippen LogP) is 3.61. The van der Waals surface area contributed by atoms with Gasteiger partial charge in [-0.05, 0) is 26.2 Å². The smallest absolute Gasteiger partial charge is 0.333 e. The van der Waals surface area contributed by atoms with Crippen LogP contribution in [0.15, 0.2) is 12.2 Å². The molecule has 1 unspecified atom stereocenters. The molecular weight excluding hydrogens is 228 g/mol. The fourth-order valence-corrected chi connectivity index (χ4v) is 1.68. The summed E-state index contributed by atoms with van der Waals surface area (Å²) in [6.07, 6.45) is 8.35. The van der Waals surface area contributed by atoms with E-state index in [1.807, 2.05) is 6.92 Å². The normalized spacial score (nSPS) is 12.2. The Bertz CT molecular complexity index is 236. The van der Waals surface area contributed by atoms with E-state index in [4.69, 9.17) is 4.74 Å². The quantitative estimate of drug-likeness (QED) is 0.349. The van der Waals surface area contributed by atoms with Crippen molar-refractivity contribution in [3.8, 4) is 0 Å². The van der Waals surface area contributed by atoms with E-state index in [9.17, 15) is 9.90 Å². The van der Waals surface area contributed by atoms with Crippen molar-refractivity contribution in [1.82, 2.24) is 0 Å². The lowest BCUT2D eigenvalue weighted by Gasteiger charge is -2.07. The van der Waals surface area contributed by atoms with Crippen LogP contribution in [0.1, 0.15) is 65.2 Å². The Labute approximate surface area is 111 Å². The Hall–Kier alpha value is -0.830. The van der Waals surface area contributed by atoms with Gasteiger partial charge in [-0.1, -0.05) is 45.6 Å². The minimum absolute atomic E-state index is 0.119. The molecular formula is C15H28O3. The number of carbonyl (C=O) groups is 1. The van der Waals surface area contributed by atoms with Crippen LogP contribution in [-0.2, 0) is 9.53 Å². The summed E-state index contributed by atoms with van der Waals surface area (Å²) in [6.45, 7) is 7.70. The second-order valence-corrected chi connectivity index (χ2v) is 4.89. The number of ether oxygens (including phenoxy) is 1. The second kappa shape index (κ2) is 11.3. The molecule has 18 heavy (non-hydrogen) atoms. The Morgan fingerprint density at radius 1 is 1.17 bits per heavy atom. The lowest BCUT2D eigenvalue weighted by atomic mass is 10.1. The maximum atomic E-state index is 11.1.